The Balaban J connectivity index is 2.30. The summed E-state index contributed by atoms with van der Waals surface area (Å²) in [6.45, 7) is 2.14. The quantitative estimate of drug-likeness (QED) is 0.551. The van der Waals surface area contributed by atoms with Crippen molar-refractivity contribution in [1.82, 2.24) is 0 Å². The fourth-order valence-corrected chi connectivity index (χ4v) is 2.27. The third-order valence-corrected chi connectivity index (χ3v) is 3.17. The maximum Gasteiger partial charge on any atom is 0.0623 e. The molecule has 17 heavy (non-hydrogen) atoms. The molecular weight excluding hydrogens is 204 g/mol. The first-order valence-electron chi connectivity index (χ1n) is 6.31. The van der Waals surface area contributed by atoms with Crippen LogP contribution in [0, 0.1) is 6.92 Å². The molecule has 0 saturated carbocycles. The average molecular weight is 220 g/mol. The van der Waals surface area contributed by atoms with Gasteiger partial charge in [0.1, 0.15) is 0 Å². The molecule has 0 N–H and O–H groups in total. The van der Waals surface area contributed by atoms with Crippen molar-refractivity contribution in [1.29, 1.82) is 0 Å². The Hall–Kier alpha value is -2.08. The summed E-state index contributed by atoms with van der Waals surface area (Å²) >= 11 is 0. The normalized spacial score (nSPS) is 11.5. The van der Waals surface area contributed by atoms with E-state index < -0.39 is 0 Å². The van der Waals surface area contributed by atoms with E-state index in [-0.39, 0.29) is 0 Å². The van der Waals surface area contributed by atoms with Crippen LogP contribution in [-0.2, 0) is 0 Å². The summed E-state index contributed by atoms with van der Waals surface area (Å²) in [7, 11) is 0. The molecule has 0 atom stereocenters. The number of aryl methyl sites for hydroxylation is 1. The Morgan fingerprint density at radius 3 is 2.24 bits per heavy atom. The van der Waals surface area contributed by atoms with Crippen molar-refractivity contribution >= 4 is 10.8 Å². The van der Waals surface area contributed by atoms with E-state index in [9.17, 15) is 0 Å². The predicted molar refractivity (Wildman–Crippen MR) is 74.1 cm³/mol. The number of rotatable bonds is 1. The van der Waals surface area contributed by atoms with Gasteiger partial charge < -0.3 is 0 Å². The van der Waals surface area contributed by atoms with Gasteiger partial charge in [-0.2, -0.15) is 0 Å². The third kappa shape index (κ3) is 1.72. The van der Waals surface area contributed by atoms with Gasteiger partial charge in [-0.3, -0.25) is 0 Å². The number of hydrogen-bond acceptors (Lipinski definition) is 0. The second-order valence-corrected chi connectivity index (χ2v) is 4.26. The number of benzene rings is 3. The Labute approximate surface area is 103 Å². The first kappa shape index (κ1) is 9.00. The van der Waals surface area contributed by atoms with Crippen LogP contribution in [0.3, 0.4) is 0 Å². The minimum Gasteiger partial charge on any atom is -0.0622 e. The zero-order valence-corrected chi connectivity index (χ0v) is 9.77. The molecule has 0 amide bonds. The summed E-state index contributed by atoms with van der Waals surface area (Å²) in [6.07, 6.45) is 0. The standard InChI is InChI=1S/C17H14/c1-13-11-12-16(14-7-3-2-4-8-14)17-10-6-5-9-15(13)17/h2-12H,1H3/i2T. The molecule has 3 rings (SSSR count). The highest BCUT2D eigenvalue weighted by Gasteiger charge is 2.04. The van der Waals surface area contributed by atoms with E-state index >= 15 is 0 Å². The molecule has 0 radical (unpaired) electrons. The number of fused-ring (bicyclic) bond motifs is 1. The first-order chi connectivity index (χ1) is 8.75. The molecule has 82 valence electrons. The van der Waals surface area contributed by atoms with Crippen molar-refractivity contribution in [3.05, 3.63) is 72.3 Å². The van der Waals surface area contributed by atoms with E-state index in [0.717, 1.165) is 0 Å². The van der Waals surface area contributed by atoms with E-state index in [1.807, 2.05) is 24.3 Å². The van der Waals surface area contributed by atoms with Crippen LogP contribution >= 0.6 is 0 Å². The van der Waals surface area contributed by atoms with E-state index in [1.165, 1.54) is 27.5 Å². The lowest BCUT2D eigenvalue weighted by atomic mass is 9.96. The molecule has 3 aromatic carbocycles. The molecule has 0 heteroatoms. The van der Waals surface area contributed by atoms with Crippen molar-refractivity contribution in [3.63, 3.8) is 0 Å². The van der Waals surface area contributed by atoms with Gasteiger partial charge in [-0.05, 0) is 34.4 Å². The van der Waals surface area contributed by atoms with Crippen LogP contribution < -0.4 is 0 Å². The van der Waals surface area contributed by atoms with Crippen molar-refractivity contribution < 1.29 is 1.37 Å². The lowest BCUT2D eigenvalue weighted by Crippen LogP contribution is -1.83. The summed E-state index contributed by atoms with van der Waals surface area (Å²) in [6, 6.07) is 21.0. The summed E-state index contributed by atoms with van der Waals surface area (Å²) in [5, 5.41) is 2.57. The summed E-state index contributed by atoms with van der Waals surface area (Å²) in [4.78, 5) is 0. The topological polar surface area (TPSA) is 0 Å². The molecule has 0 aromatic heterocycles. The molecule has 0 aliphatic heterocycles. The molecule has 0 nitrogen and oxygen atoms in total. The molecule has 3 aromatic rings. The highest BCUT2D eigenvalue weighted by atomic mass is 14.1. The largest absolute Gasteiger partial charge is 0.0623 e. The van der Waals surface area contributed by atoms with Crippen molar-refractivity contribution in [2.75, 3.05) is 0 Å². The fourth-order valence-electron chi connectivity index (χ4n) is 2.27. The maximum absolute atomic E-state index is 7.55. The Morgan fingerprint density at radius 1 is 0.765 bits per heavy atom. The van der Waals surface area contributed by atoms with Crippen molar-refractivity contribution in [3.8, 4) is 11.1 Å². The number of hydrogen-bond donors (Lipinski definition) is 0. The molecule has 0 aliphatic rings. The average Bonchev–Trinajstić information content (AvgIpc) is 2.41. The first-order valence-corrected chi connectivity index (χ1v) is 5.81. The fraction of sp³-hybridized carbons (Fsp3) is 0.0588. The second-order valence-electron chi connectivity index (χ2n) is 4.26. The van der Waals surface area contributed by atoms with Gasteiger partial charge in [0, 0.05) is 0 Å². The molecular formula is C17H14. The van der Waals surface area contributed by atoms with Crippen LogP contribution in [0.2, 0.25) is 0 Å². The molecule has 0 fully saturated rings. The van der Waals surface area contributed by atoms with Gasteiger partial charge in [-0.1, -0.05) is 66.7 Å². The Bertz CT molecular complexity index is 696. The van der Waals surface area contributed by atoms with Gasteiger partial charge in [-0.15, -0.1) is 0 Å². The SMILES string of the molecule is [3H]c1ccc(-c2ccc(C)c3ccccc23)cc1. The molecule has 0 unspecified atom stereocenters. The Morgan fingerprint density at radius 2 is 1.47 bits per heavy atom. The summed E-state index contributed by atoms with van der Waals surface area (Å²) in [5.74, 6) is 0. The van der Waals surface area contributed by atoms with E-state index in [0.29, 0.717) is 6.04 Å². The van der Waals surface area contributed by atoms with E-state index in [4.69, 9.17) is 1.37 Å². The molecule has 0 spiro atoms. The predicted octanol–water partition coefficient (Wildman–Crippen LogP) is 4.82. The van der Waals surface area contributed by atoms with Crippen molar-refractivity contribution in [2.45, 2.75) is 6.92 Å². The summed E-state index contributed by atoms with van der Waals surface area (Å²) in [5.41, 5.74) is 3.70. The van der Waals surface area contributed by atoms with Gasteiger partial charge in [0.15, 0.2) is 0 Å². The van der Waals surface area contributed by atoms with Crippen LogP contribution in [-0.4, -0.2) is 0 Å². The Kier molecular flexibility index (Phi) is 2.15. The monoisotopic (exact) mass is 220 g/mol. The van der Waals surface area contributed by atoms with Crippen LogP contribution in [0.5, 0.6) is 0 Å². The van der Waals surface area contributed by atoms with Crippen LogP contribution in [0.25, 0.3) is 21.9 Å². The van der Waals surface area contributed by atoms with Crippen molar-refractivity contribution in [2.24, 2.45) is 0 Å². The van der Waals surface area contributed by atoms with Crippen LogP contribution in [0.1, 0.15) is 6.93 Å². The zero-order valence-electron chi connectivity index (χ0n) is 10.8. The van der Waals surface area contributed by atoms with Gasteiger partial charge in [-0.25, -0.2) is 0 Å². The zero-order chi connectivity index (χ0) is 12.5. The molecule has 0 aliphatic carbocycles. The van der Waals surface area contributed by atoms with Crippen LogP contribution in [0.15, 0.2) is 66.7 Å². The molecule has 0 heterocycles. The van der Waals surface area contributed by atoms with E-state index in [1.54, 1.807) is 0 Å². The summed E-state index contributed by atoms with van der Waals surface area (Å²) < 4.78 is 7.55. The van der Waals surface area contributed by atoms with Gasteiger partial charge in [0.2, 0.25) is 0 Å². The lowest BCUT2D eigenvalue weighted by molar-refractivity contribution is 1.52. The minimum absolute atomic E-state index is 0.551. The van der Waals surface area contributed by atoms with Gasteiger partial charge >= 0.3 is 0 Å². The lowest BCUT2D eigenvalue weighted by Gasteiger charge is -2.09. The second kappa shape index (κ2) is 4.06. The van der Waals surface area contributed by atoms with Gasteiger partial charge in [0.25, 0.3) is 0 Å². The smallest absolute Gasteiger partial charge is 0.0622 e. The van der Waals surface area contributed by atoms with Crippen LogP contribution in [0.4, 0.5) is 0 Å². The third-order valence-electron chi connectivity index (χ3n) is 3.17. The van der Waals surface area contributed by atoms with Gasteiger partial charge in [0.05, 0.1) is 1.37 Å². The molecule has 0 saturated heterocycles. The maximum atomic E-state index is 7.55. The highest BCUT2D eigenvalue weighted by molar-refractivity contribution is 5.98. The molecule has 0 bridgehead atoms. The van der Waals surface area contributed by atoms with E-state index in [2.05, 4.69) is 43.3 Å². The minimum atomic E-state index is 0.551. The highest BCUT2D eigenvalue weighted by Crippen LogP contribution is 2.30.